The topological polar surface area (TPSA) is 17.1 Å². The van der Waals surface area contributed by atoms with E-state index in [-0.39, 0.29) is 5.92 Å². The third-order valence-corrected chi connectivity index (χ3v) is 2.73. The Morgan fingerprint density at radius 2 is 2.09 bits per heavy atom. The predicted octanol–water partition coefficient (Wildman–Crippen LogP) is 2.71. The summed E-state index contributed by atoms with van der Waals surface area (Å²) < 4.78 is 0. The van der Waals surface area contributed by atoms with E-state index in [1.54, 1.807) is 6.92 Å². The van der Waals surface area contributed by atoms with Gasteiger partial charge in [0.15, 0.2) is 0 Å². The molecule has 62 valence electrons. The summed E-state index contributed by atoms with van der Waals surface area (Å²) in [6, 6.07) is 0. The first-order valence-electron chi connectivity index (χ1n) is 4.29. The maximum absolute atomic E-state index is 11.1. The zero-order chi connectivity index (χ0) is 8.43. The smallest absolute Gasteiger partial charge is 0.136 e. The molecule has 1 aliphatic carbocycles. The van der Waals surface area contributed by atoms with E-state index < -0.39 is 0 Å². The summed E-state index contributed by atoms with van der Waals surface area (Å²) in [7, 11) is 0. The quantitative estimate of drug-likeness (QED) is 0.528. The molecule has 0 radical (unpaired) electrons. The highest BCUT2D eigenvalue weighted by molar-refractivity contribution is 5.81. The molecule has 0 aromatic heterocycles. The van der Waals surface area contributed by atoms with Crippen molar-refractivity contribution in [1.29, 1.82) is 0 Å². The second-order valence-corrected chi connectivity index (χ2v) is 3.52. The zero-order valence-corrected chi connectivity index (χ0v) is 7.61. The van der Waals surface area contributed by atoms with Crippen LogP contribution in [0.5, 0.6) is 0 Å². The Kier molecular flexibility index (Phi) is 2.48. The molecule has 1 nitrogen and oxygen atoms in total. The van der Waals surface area contributed by atoms with Crippen LogP contribution < -0.4 is 0 Å². The predicted molar refractivity (Wildman–Crippen MR) is 46.4 cm³/mol. The molecule has 1 rings (SSSR count). The van der Waals surface area contributed by atoms with E-state index in [9.17, 15) is 4.79 Å². The lowest BCUT2D eigenvalue weighted by atomic mass is 9.82. The molecule has 11 heavy (non-hydrogen) atoms. The fourth-order valence-electron chi connectivity index (χ4n) is 1.79. The summed E-state index contributed by atoms with van der Waals surface area (Å²) in [6.45, 7) is 5.94. The number of rotatable bonds is 1. The maximum atomic E-state index is 11.1. The first-order valence-corrected chi connectivity index (χ1v) is 4.29. The number of ketones is 1. The first kappa shape index (κ1) is 8.51. The molecule has 1 unspecified atom stereocenters. The van der Waals surface area contributed by atoms with Crippen LogP contribution in [0, 0.1) is 5.92 Å². The Hall–Kier alpha value is -0.590. The van der Waals surface area contributed by atoms with Gasteiger partial charge in [0.2, 0.25) is 0 Å². The number of allylic oxidation sites excluding steroid dienone is 2. The molecule has 0 aliphatic heterocycles. The van der Waals surface area contributed by atoms with Crippen LogP contribution in [0.15, 0.2) is 11.1 Å². The highest BCUT2D eigenvalue weighted by Gasteiger charge is 2.20. The van der Waals surface area contributed by atoms with Crippen LogP contribution in [0.1, 0.15) is 40.0 Å². The molecule has 0 fully saturated rings. The largest absolute Gasteiger partial charge is 0.299 e. The van der Waals surface area contributed by atoms with E-state index >= 15 is 0 Å². The molecule has 0 amide bonds. The van der Waals surface area contributed by atoms with E-state index in [0.29, 0.717) is 5.78 Å². The Morgan fingerprint density at radius 1 is 1.45 bits per heavy atom. The lowest BCUT2D eigenvalue weighted by Crippen LogP contribution is -2.16. The van der Waals surface area contributed by atoms with Crippen molar-refractivity contribution in [1.82, 2.24) is 0 Å². The minimum absolute atomic E-state index is 0.240. The zero-order valence-electron chi connectivity index (χ0n) is 7.61. The fourth-order valence-corrected chi connectivity index (χ4v) is 1.79. The van der Waals surface area contributed by atoms with Gasteiger partial charge in [0, 0.05) is 5.92 Å². The molecule has 0 saturated carbocycles. The monoisotopic (exact) mass is 152 g/mol. The Bertz CT molecular complexity index is 201. The van der Waals surface area contributed by atoms with Gasteiger partial charge in [0.1, 0.15) is 5.78 Å². The van der Waals surface area contributed by atoms with Gasteiger partial charge in [-0.25, -0.2) is 0 Å². The molecule has 0 bridgehead atoms. The van der Waals surface area contributed by atoms with Crippen molar-refractivity contribution in [3.05, 3.63) is 11.1 Å². The summed E-state index contributed by atoms with van der Waals surface area (Å²) in [5.41, 5.74) is 2.75. The van der Waals surface area contributed by atoms with Crippen molar-refractivity contribution < 1.29 is 4.79 Å². The van der Waals surface area contributed by atoms with Gasteiger partial charge < -0.3 is 0 Å². The Morgan fingerprint density at radius 3 is 2.55 bits per heavy atom. The Balaban J connectivity index is 2.82. The van der Waals surface area contributed by atoms with Crippen molar-refractivity contribution in [2.24, 2.45) is 5.92 Å². The number of hydrogen-bond acceptors (Lipinski definition) is 1. The lowest BCUT2D eigenvalue weighted by Gasteiger charge is -2.22. The fraction of sp³-hybridized carbons (Fsp3) is 0.700. The van der Waals surface area contributed by atoms with E-state index in [1.807, 2.05) is 0 Å². The van der Waals surface area contributed by atoms with Gasteiger partial charge >= 0.3 is 0 Å². The van der Waals surface area contributed by atoms with E-state index in [2.05, 4.69) is 13.8 Å². The molecule has 0 spiro atoms. The van der Waals surface area contributed by atoms with Gasteiger partial charge in [-0.05, 0) is 40.0 Å². The number of hydrogen-bond donors (Lipinski definition) is 0. The average molecular weight is 152 g/mol. The second kappa shape index (κ2) is 3.21. The van der Waals surface area contributed by atoms with Crippen LogP contribution >= 0.6 is 0 Å². The second-order valence-electron chi connectivity index (χ2n) is 3.52. The first-order chi connectivity index (χ1) is 5.13. The lowest BCUT2D eigenvalue weighted by molar-refractivity contribution is -0.120. The van der Waals surface area contributed by atoms with Crippen LogP contribution in [0.25, 0.3) is 0 Å². The van der Waals surface area contributed by atoms with Crippen molar-refractivity contribution in [3.63, 3.8) is 0 Å². The molecular weight excluding hydrogens is 136 g/mol. The van der Waals surface area contributed by atoms with Crippen LogP contribution in [0.4, 0.5) is 0 Å². The van der Waals surface area contributed by atoms with Crippen LogP contribution in [0.2, 0.25) is 0 Å². The van der Waals surface area contributed by atoms with Crippen molar-refractivity contribution in [3.8, 4) is 0 Å². The van der Waals surface area contributed by atoms with Gasteiger partial charge in [-0.1, -0.05) is 11.1 Å². The van der Waals surface area contributed by atoms with Gasteiger partial charge in [0.05, 0.1) is 0 Å². The third-order valence-electron chi connectivity index (χ3n) is 2.73. The molecule has 0 aromatic carbocycles. The molecule has 1 aliphatic rings. The van der Waals surface area contributed by atoms with Gasteiger partial charge in [-0.2, -0.15) is 0 Å². The molecular formula is C10H16O. The summed E-state index contributed by atoms with van der Waals surface area (Å²) in [5, 5.41) is 0. The minimum atomic E-state index is 0.240. The molecule has 0 aromatic rings. The third kappa shape index (κ3) is 1.70. The van der Waals surface area contributed by atoms with E-state index in [4.69, 9.17) is 0 Å². The molecule has 1 atom stereocenters. The summed E-state index contributed by atoms with van der Waals surface area (Å²) in [5.74, 6) is 0.574. The van der Waals surface area contributed by atoms with Crippen molar-refractivity contribution in [2.45, 2.75) is 40.0 Å². The number of carbonyl (C=O) groups is 1. The standard InChI is InChI=1S/C10H16O/c1-7-5-4-6-10(8(7)2)9(3)11/h10H,4-6H2,1-3H3. The highest BCUT2D eigenvalue weighted by Crippen LogP contribution is 2.29. The van der Waals surface area contributed by atoms with Gasteiger partial charge in [-0.15, -0.1) is 0 Å². The molecule has 0 N–H and O–H groups in total. The van der Waals surface area contributed by atoms with Crippen LogP contribution in [0.3, 0.4) is 0 Å². The molecule has 1 heteroatoms. The molecule has 0 saturated heterocycles. The molecule has 0 heterocycles. The normalized spacial score (nSPS) is 25.5. The van der Waals surface area contributed by atoms with Gasteiger partial charge in [-0.3, -0.25) is 4.79 Å². The average Bonchev–Trinajstić information content (AvgIpc) is 1.94. The highest BCUT2D eigenvalue weighted by atomic mass is 16.1. The van der Waals surface area contributed by atoms with Crippen molar-refractivity contribution >= 4 is 5.78 Å². The summed E-state index contributed by atoms with van der Waals surface area (Å²) >= 11 is 0. The SMILES string of the molecule is CC(=O)C1CCCC(C)=C1C. The van der Waals surface area contributed by atoms with E-state index in [1.165, 1.54) is 24.0 Å². The van der Waals surface area contributed by atoms with Gasteiger partial charge in [0.25, 0.3) is 0 Å². The number of carbonyl (C=O) groups excluding carboxylic acids is 1. The minimum Gasteiger partial charge on any atom is -0.299 e. The van der Waals surface area contributed by atoms with Crippen molar-refractivity contribution in [2.75, 3.05) is 0 Å². The maximum Gasteiger partial charge on any atom is 0.136 e. The van der Waals surface area contributed by atoms with Crippen LogP contribution in [-0.4, -0.2) is 5.78 Å². The summed E-state index contributed by atoms with van der Waals surface area (Å²) in [4.78, 5) is 11.1. The Labute approximate surface area is 68.5 Å². The number of Topliss-reactive ketones (excluding diaryl/α,β-unsaturated/α-hetero) is 1. The van der Waals surface area contributed by atoms with Crippen LogP contribution in [-0.2, 0) is 4.79 Å². The van der Waals surface area contributed by atoms with E-state index in [0.717, 1.165) is 6.42 Å². The summed E-state index contributed by atoms with van der Waals surface area (Å²) in [6.07, 6.45) is 3.45.